The van der Waals surface area contributed by atoms with Crippen molar-refractivity contribution < 1.29 is 9.53 Å². The first-order valence-electron chi connectivity index (χ1n) is 5.91. The molecule has 7 heteroatoms. The normalized spacial score (nSPS) is 10.4. The maximum atomic E-state index is 11.4. The second kappa shape index (κ2) is 5.96. The van der Waals surface area contributed by atoms with Crippen LogP contribution in [0.15, 0.2) is 22.6 Å². The summed E-state index contributed by atoms with van der Waals surface area (Å²) >= 11 is 1.26. The summed E-state index contributed by atoms with van der Waals surface area (Å²) in [4.78, 5) is 28.3. The van der Waals surface area contributed by atoms with Crippen LogP contribution in [0.5, 0.6) is 0 Å². The molecule has 0 atom stereocenters. The lowest BCUT2D eigenvalue weighted by Gasteiger charge is -2.06. The summed E-state index contributed by atoms with van der Waals surface area (Å²) in [5.41, 5.74) is 3.09. The summed E-state index contributed by atoms with van der Waals surface area (Å²) in [6.07, 6.45) is 2.92. The molecule has 2 rings (SSSR count). The molecule has 0 aromatic carbocycles. The number of hydrogen-bond acceptors (Lipinski definition) is 7. The van der Waals surface area contributed by atoms with Crippen LogP contribution in [0.3, 0.4) is 0 Å². The van der Waals surface area contributed by atoms with Crippen LogP contribution >= 0.6 is 11.8 Å². The van der Waals surface area contributed by atoms with Gasteiger partial charge in [-0.1, -0.05) is 0 Å². The predicted molar refractivity (Wildman–Crippen MR) is 73.7 cm³/mol. The summed E-state index contributed by atoms with van der Waals surface area (Å²) in [5.74, 6) is -0.517. The smallest absolute Gasteiger partial charge is 0.358 e. The zero-order valence-electron chi connectivity index (χ0n) is 11.7. The minimum atomic E-state index is -0.517. The fraction of sp³-hybridized carbons (Fsp3) is 0.308. The number of nitrogens with zero attached hydrogens (tertiary/aromatic N) is 4. The predicted octanol–water partition coefficient (Wildman–Crippen LogP) is 2.13. The molecule has 2 aromatic rings. The van der Waals surface area contributed by atoms with Crippen molar-refractivity contribution in [2.24, 2.45) is 0 Å². The van der Waals surface area contributed by atoms with Gasteiger partial charge < -0.3 is 4.74 Å². The van der Waals surface area contributed by atoms with E-state index in [1.165, 1.54) is 25.1 Å². The Morgan fingerprint density at radius 3 is 2.35 bits per heavy atom. The van der Waals surface area contributed by atoms with Gasteiger partial charge in [0, 0.05) is 11.4 Å². The SMILES string of the molecule is COC(=O)c1cncc(Sc2nc(C)c(C)c(C)n2)n1. The highest BCUT2D eigenvalue weighted by molar-refractivity contribution is 7.99. The molecule has 20 heavy (non-hydrogen) atoms. The summed E-state index contributed by atoms with van der Waals surface area (Å²) in [6.45, 7) is 5.85. The quantitative estimate of drug-likeness (QED) is 0.633. The Hall–Kier alpha value is -2.02. The lowest BCUT2D eigenvalue weighted by atomic mass is 10.2. The van der Waals surface area contributed by atoms with Crippen molar-refractivity contribution in [2.75, 3.05) is 7.11 Å². The first kappa shape index (κ1) is 14.4. The van der Waals surface area contributed by atoms with Crippen LogP contribution in [0, 0.1) is 20.8 Å². The van der Waals surface area contributed by atoms with E-state index in [0.29, 0.717) is 10.2 Å². The molecular formula is C13H14N4O2S. The lowest BCUT2D eigenvalue weighted by Crippen LogP contribution is -2.05. The van der Waals surface area contributed by atoms with Gasteiger partial charge in [-0.05, 0) is 38.1 Å². The van der Waals surface area contributed by atoms with Crippen LogP contribution in [-0.4, -0.2) is 33.0 Å². The van der Waals surface area contributed by atoms with Crippen LogP contribution in [0.25, 0.3) is 0 Å². The molecule has 0 aliphatic heterocycles. The van der Waals surface area contributed by atoms with Crippen LogP contribution in [0.4, 0.5) is 0 Å². The molecule has 0 bridgehead atoms. The first-order valence-corrected chi connectivity index (χ1v) is 6.73. The van der Waals surface area contributed by atoms with Crippen molar-refractivity contribution in [3.8, 4) is 0 Å². The van der Waals surface area contributed by atoms with E-state index < -0.39 is 5.97 Å². The molecule has 2 aromatic heterocycles. The van der Waals surface area contributed by atoms with Gasteiger partial charge in [-0.15, -0.1) is 0 Å². The average Bonchev–Trinajstić information content (AvgIpc) is 2.44. The van der Waals surface area contributed by atoms with Crippen molar-refractivity contribution in [2.45, 2.75) is 31.0 Å². The molecule has 6 nitrogen and oxygen atoms in total. The first-order chi connectivity index (χ1) is 9.51. The molecule has 2 heterocycles. The van der Waals surface area contributed by atoms with E-state index in [0.717, 1.165) is 17.0 Å². The topological polar surface area (TPSA) is 77.9 Å². The van der Waals surface area contributed by atoms with Gasteiger partial charge in [-0.2, -0.15) is 0 Å². The van der Waals surface area contributed by atoms with Gasteiger partial charge in [0.1, 0.15) is 5.03 Å². The van der Waals surface area contributed by atoms with Gasteiger partial charge in [-0.25, -0.2) is 19.7 Å². The number of ether oxygens (including phenoxy) is 1. The molecule has 0 aliphatic carbocycles. The van der Waals surface area contributed by atoms with Gasteiger partial charge in [0.2, 0.25) is 0 Å². The second-order valence-corrected chi connectivity index (χ2v) is 5.13. The standard InChI is InChI=1S/C13H14N4O2S/c1-7-8(2)15-13(16-9(7)3)20-11-6-14-5-10(17-11)12(18)19-4/h5-6H,1-4H3. The van der Waals surface area contributed by atoms with Gasteiger partial charge >= 0.3 is 5.97 Å². The van der Waals surface area contributed by atoms with E-state index in [4.69, 9.17) is 0 Å². The Bertz CT molecular complexity index is 638. The minimum absolute atomic E-state index is 0.165. The summed E-state index contributed by atoms with van der Waals surface area (Å²) in [5, 5.41) is 1.14. The Kier molecular flexibility index (Phi) is 4.29. The second-order valence-electron chi connectivity index (χ2n) is 4.14. The molecule has 0 radical (unpaired) electrons. The Morgan fingerprint density at radius 1 is 1.10 bits per heavy atom. The average molecular weight is 290 g/mol. The fourth-order valence-electron chi connectivity index (χ4n) is 1.48. The Labute approximate surface area is 121 Å². The number of hydrogen-bond donors (Lipinski definition) is 0. The molecule has 0 N–H and O–H groups in total. The largest absolute Gasteiger partial charge is 0.464 e. The Morgan fingerprint density at radius 2 is 1.75 bits per heavy atom. The number of carbonyl (C=O) groups excluding carboxylic acids is 1. The number of esters is 1. The van der Waals surface area contributed by atoms with Gasteiger partial charge in [0.05, 0.1) is 19.5 Å². The third-order valence-corrected chi connectivity index (χ3v) is 3.59. The lowest BCUT2D eigenvalue weighted by molar-refractivity contribution is 0.0592. The maximum absolute atomic E-state index is 11.4. The van der Waals surface area contributed by atoms with E-state index in [1.54, 1.807) is 6.20 Å². The summed E-state index contributed by atoms with van der Waals surface area (Å²) in [6, 6.07) is 0. The third kappa shape index (κ3) is 3.11. The van der Waals surface area contributed by atoms with Crippen LogP contribution in [0.2, 0.25) is 0 Å². The van der Waals surface area contributed by atoms with Gasteiger partial charge in [0.15, 0.2) is 10.9 Å². The van der Waals surface area contributed by atoms with Gasteiger partial charge in [0.25, 0.3) is 0 Å². The third-order valence-electron chi connectivity index (χ3n) is 2.81. The van der Waals surface area contributed by atoms with Crippen LogP contribution in [0.1, 0.15) is 27.4 Å². The maximum Gasteiger partial charge on any atom is 0.358 e. The van der Waals surface area contributed by atoms with E-state index in [1.807, 2.05) is 20.8 Å². The number of aryl methyl sites for hydroxylation is 2. The molecule has 0 aliphatic rings. The molecule has 0 fully saturated rings. The number of carbonyl (C=O) groups is 1. The fourth-order valence-corrected chi connectivity index (χ4v) is 2.29. The van der Waals surface area contributed by atoms with Crippen molar-refractivity contribution in [1.29, 1.82) is 0 Å². The van der Waals surface area contributed by atoms with E-state index in [-0.39, 0.29) is 5.69 Å². The molecule has 104 valence electrons. The Balaban J connectivity index is 2.28. The number of rotatable bonds is 3. The van der Waals surface area contributed by atoms with Crippen molar-refractivity contribution in [3.05, 3.63) is 35.0 Å². The van der Waals surface area contributed by atoms with E-state index in [2.05, 4.69) is 24.7 Å². The molecular weight excluding hydrogens is 276 g/mol. The van der Waals surface area contributed by atoms with Crippen LogP contribution in [-0.2, 0) is 4.74 Å². The highest BCUT2D eigenvalue weighted by Gasteiger charge is 2.11. The molecule has 0 saturated heterocycles. The van der Waals surface area contributed by atoms with Gasteiger partial charge in [-0.3, -0.25) is 4.98 Å². The molecule has 0 saturated carbocycles. The highest BCUT2D eigenvalue weighted by Crippen LogP contribution is 2.23. The van der Waals surface area contributed by atoms with Crippen molar-refractivity contribution in [3.63, 3.8) is 0 Å². The molecule has 0 unspecified atom stereocenters. The molecule has 0 spiro atoms. The van der Waals surface area contributed by atoms with Crippen molar-refractivity contribution in [1.82, 2.24) is 19.9 Å². The van der Waals surface area contributed by atoms with E-state index >= 15 is 0 Å². The number of aromatic nitrogens is 4. The van der Waals surface area contributed by atoms with Crippen molar-refractivity contribution >= 4 is 17.7 Å². The monoisotopic (exact) mass is 290 g/mol. The molecule has 0 amide bonds. The zero-order valence-corrected chi connectivity index (χ0v) is 12.5. The highest BCUT2D eigenvalue weighted by atomic mass is 32.2. The zero-order chi connectivity index (χ0) is 14.7. The summed E-state index contributed by atoms with van der Waals surface area (Å²) in [7, 11) is 1.31. The minimum Gasteiger partial charge on any atom is -0.464 e. The van der Waals surface area contributed by atoms with Crippen LogP contribution < -0.4 is 0 Å². The number of methoxy groups -OCH3 is 1. The summed E-state index contributed by atoms with van der Waals surface area (Å²) < 4.78 is 4.61. The van der Waals surface area contributed by atoms with E-state index in [9.17, 15) is 4.79 Å².